The summed E-state index contributed by atoms with van der Waals surface area (Å²) in [5, 5.41) is 12.0. The average Bonchev–Trinajstić information content (AvgIpc) is 3.12. The molecular formula is C21H23BrN4O2S. The summed E-state index contributed by atoms with van der Waals surface area (Å²) in [6.07, 6.45) is 0. The summed E-state index contributed by atoms with van der Waals surface area (Å²) in [5.41, 5.74) is 2.74. The van der Waals surface area contributed by atoms with E-state index in [0.717, 1.165) is 32.9 Å². The molecule has 0 radical (unpaired) electrons. The van der Waals surface area contributed by atoms with Crippen molar-refractivity contribution in [2.24, 2.45) is 0 Å². The van der Waals surface area contributed by atoms with Crippen molar-refractivity contribution in [3.8, 4) is 17.1 Å². The summed E-state index contributed by atoms with van der Waals surface area (Å²) < 4.78 is 8.31. The van der Waals surface area contributed by atoms with Crippen LogP contribution < -0.4 is 10.1 Å². The maximum Gasteiger partial charge on any atom is 0.237 e. The Morgan fingerprint density at radius 3 is 2.72 bits per heavy atom. The van der Waals surface area contributed by atoms with Gasteiger partial charge >= 0.3 is 0 Å². The molecule has 0 aliphatic carbocycles. The number of nitrogens with one attached hydrogen (secondary N) is 1. The zero-order valence-electron chi connectivity index (χ0n) is 16.8. The summed E-state index contributed by atoms with van der Waals surface area (Å²) in [7, 11) is 1.64. The number of amides is 1. The van der Waals surface area contributed by atoms with E-state index in [1.54, 1.807) is 7.11 Å². The number of benzene rings is 2. The molecular weight excluding hydrogens is 452 g/mol. The first-order valence-electron chi connectivity index (χ1n) is 9.24. The monoisotopic (exact) mass is 474 g/mol. The van der Waals surface area contributed by atoms with Crippen molar-refractivity contribution in [1.82, 2.24) is 14.8 Å². The first kappa shape index (κ1) is 21.4. The third-order valence-electron chi connectivity index (χ3n) is 4.41. The summed E-state index contributed by atoms with van der Waals surface area (Å²) in [6, 6.07) is 13.5. The Bertz CT molecular complexity index is 1020. The van der Waals surface area contributed by atoms with Gasteiger partial charge in [-0.25, -0.2) is 0 Å². The minimum atomic E-state index is -0.344. The lowest BCUT2D eigenvalue weighted by molar-refractivity contribution is -0.115. The van der Waals surface area contributed by atoms with Gasteiger partial charge in [-0.15, -0.1) is 10.2 Å². The number of methoxy groups -OCH3 is 1. The van der Waals surface area contributed by atoms with E-state index < -0.39 is 0 Å². The standard InChI is InChI=1S/C21H23BrN4O2S/c1-5-26-19(15-8-6-7-9-18(15)28-4)24-25-21(26)29-14(3)20(27)23-17-11-10-13(2)12-16(17)22/h6-12,14H,5H2,1-4H3,(H,23,27). The molecule has 0 saturated heterocycles. The number of carbonyl (C=O) groups excluding carboxylic acids is 1. The smallest absolute Gasteiger partial charge is 0.237 e. The van der Waals surface area contributed by atoms with Gasteiger partial charge in [0.25, 0.3) is 0 Å². The molecule has 0 aliphatic heterocycles. The normalized spacial score (nSPS) is 11.9. The molecule has 0 fully saturated rings. The molecule has 1 aromatic heterocycles. The van der Waals surface area contributed by atoms with Gasteiger partial charge in [0.15, 0.2) is 11.0 Å². The second kappa shape index (κ2) is 9.45. The quantitative estimate of drug-likeness (QED) is 0.478. The fourth-order valence-electron chi connectivity index (χ4n) is 2.86. The van der Waals surface area contributed by atoms with Crippen LogP contribution >= 0.6 is 27.7 Å². The van der Waals surface area contributed by atoms with Crippen molar-refractivity contribution < 1.29 is 9.53 Å². The first-order chi connectivity index (χ1) is 13.9. The van der Waals surface area contributed by atoms with E-state index in [1.165, 1.54) is 11.8 Å². The molecule has 0 spiro atoms. The van der Waals surface area contributed by atoms with Crippen LogP contribution in [0.3, 0.4) is 0 Å². The largest absolute Gasteiger partial charge is 0.496 e. The van der Waals surface area contributed by atoms with Crippen molar-refractivity contribution in [3.05, 3.63) is 52.5 Å². The van der Waals surface area contributed by atoms with Crippen LogP contribution in [0.2, 0.25) is 0 Å². The van der Waals surface area contributed by atoms with Gasteiger partial charge in [0.2, 0.25) is 5.91 Å². The van der Waals surface area contributed by atoms with Crippen LogP contribution in [-0.2, 0) is 11.3 Å². The number of aryl methyl sites for hydroxylation is 1. The summed E-state index contributed by atoms with van der Waals surface area (Å²) in [6.45, 7) is 6.58. The molecule has 0 aliphatic rings. The number of hydrogen-bond donors (Lipinski definition) is 1. The van der Waals surface area contributed by atoms with E-state index in [4.69, 9.17) is 4.74 Å². The lowest BCUT2D eigenvalue weighted by Gasteiger charge is -2.14. The fraction of sp³-hybridized carbons (Fsp3) is 0.286. The molecule has 3 aromatic rings. The predicted molar refractivity (Wildman–Crippen MR) is 121 cm³/mol. The molecule has 8 heteroatoms. The van der Waals surface area contributed by atoms with E-state index in [9.17, 15) is 4.79 Å². The van der Waals surface area contributed by atoms with E-state index in [-0.39, 0.29) is 11.2 Å². The Balaban J connectivity index is 1.79. The van der Waals surface area contributed by atoms with Gasteiger partial charge in [-0.1, -0.05) is 30.0 Å². The Labute approximate surface area is 183 Å². The van der Waals surface area contributed by atoms with Gasteiger partial charge in [-0.05, 0) is 66.5 Å². The number of carbonyl (C=O) groups is 1. The molecule has 1 heterocycles. The maximum absolute atomic E-state index is 12.7. The number of hydrogen-bond acceptors (Lipinski definition) is 5. The van der Waals surface area contributed by atoms with E-state index >= 15 is 0 Å². The second-order valence-corrected chi connectivity index (χ2v) is 8.65. The average molecular weight is 475 g/mol. The maximum atomic E-state index is 12.7. The van der Waals surface area contributed by atoms with Crippen LogP contribution in [0.15, 0.2) is 52.1 Å². The lowest BCUT2D eigenvalue weighted by atomic mass is 10.2. The Hall–Kier alpha value is -2.32. The molecule has 2 aromatic carbocycles. The highest BCUT2D eigenvalue weighted by molar-refractivity contribution is 9.10. The number of rotatable bonds is 7. The van der Waals surface area contributed by atoms with Crippen molar-refractivity contribution in [1.29, 1.82) is 0 Å². The third kappa shape index (κ3) is 4.82. The van der Waals surface area contributed by atoms with Gasteiger partial charge in [-0.3, -0.25) is 4.79 Å². The molecule has 0 saturated carbocycles. The number of thioether (sulfide) groups is 1. The SMILES string of the molecule is CCn1c(SC(C)C(=O)Nc2ccc(C)cc2Br)nnc1-c1ccccc1OC. The predicted octanol–water partition coefficient (Wildman–Crippen LogP) is 5.16. The molecule has 152 valence electrons. The number of para-hydroxylation sites is 1. The Kier molecular flexibility index (Phi) is 6.97. The number of nitrogens with zero attached hydrogens (tertiary/aromatic N) is 3. The number of aromatic nitrogens is 3. The van der Waals surface area contributed by atoms with Crippen LogP contribution in [0.5, 0.6) is 5.75 Å². The topological polar surface area (TPSA) is 69.0 Å². The second-order valence-electron chi connectivity index (χ2n) is 6.48. The van der Waals surface area contributed by atoms with E-state index in [0.29, 0.717) is 11.7 Å². The zero-order chi connectivity index (χ0) is 21.0. The van der Waals surface area contributed by atoms with Gasteiger partial charge < -0.3 is 14.6 Å². The van der Waals surface area contributed by atoms with Crippen molar-refractivity contribution in [3.63, 3.8) is 0 Å². The van der Waals surface area contributed by atoms with E-state index in [1.807, 2.05) is 67.8 Å². The molecule has 6 nitrogen and oxygen atoms in total. The van der Waals surface area contributed by atoms with Crippen LogP contribution in [0.25, 0.3) is 11.4 Å². The number of anilines is 1. The van der Waals surface area contributed by atoms with Crippen LogP contribution in [0.1, 0.15) is 19.4 Å². The number of ether oxygens (including phenoxy) is 1. The van der Waals surface area contributed by atoms with Gasteiger partial charge in [-0.2, -0.15) is 0 Å². The molecule has 1 N–H and O–H groups in total. The number of halogens is 1. The van der Waals surface area contributed by atoms with Gasteiger partial charge in [0.05, 0.1) is 23.6 Å². The summed E-state index contributed by atoms with van der Waals surface area (Å²) >= 11 is 4.88. The molecule has 29 heavy (non-hydrogen) atoms. The molecule has 3 rings (SSSR count). The highest BCUT2D eigenvalue weighted by Gasteiger charge is 2.22. The highest BCUT2D eigenvalue weighted by atomic mass is 79.9. The molecule has 0 bridgehead atoms. The summed E-state index contributed by atoms with van der Waals surface area (Å²) in [5.74, 6) is 1.37. The molecule has 1 unspecified atom stereocenters. The fourth-order valence-corrected chi connectivity index (χ4v) is 4.36. The van der Waals surface area contributed by atoms with Crippen molar-refractivity contribution in [2.45, 2.75) is 37.7 Å². The Morgan fingerprint density at radius 2 is 2.03 bits per heavy atom. The van der Waals surface area contributed by atoms with E-state index in [2.05, 4.69) is 31.4 Å². The van der Waals surface area contributed by atoms with Crippen LogP contribution in [-0.4, -0.2) is 33.0 Å². The summed E-state index contributed by atoms with van der Waals surface area (Å²) in [4.78, 5) is 12.7. The minimum Gasteiger partial charge on any atom is -0.496 e. The highest BCUT2D eigenvalue weighted by Crippen LogP contribution is 2.32. The van der Waals surface area contributed by atoms with Gasteiger partial charge in [0.1, 0.15) is 5.75 Å². The minimum absolute atomic E-state index is 0.0935. The van der Waals surface area contributed by atoms with Crippen LogP contribution in [0, 0.1) is 6.92 Å². The van der Waals surface area contributed by atoms with Gasteiger partial charge in [0, 0.05) is 11.0 Å². The van der Waals surface area contributed by atoms with Crippen LogP contribution in [0.4, 0.5) is 5.69 Å². The third-order valence-corrected chi connectivity index (χ3v) is 6.15. The van der Waals surface area contributed by atoms with Crippen molar-refractivity contribution >= 4 is 39.3 Å². The molecule has 1 atom stereocenters. The van der Waals surface area contributed by atoms with Crippen molar-refractivity contribution in [2.75, 3.05) is 12.4 Å². The Morgan fingerprint density at radius 1 is 1.28 bits per heavy atom. The molecule has 1 amide bonds. The zero-order valence-corrected chi connectivity index (χ0v) is 19.2. The first-order valence-corrected chi connectivity index (χ1v) is 10.9. The lowest BCUT2D eigenvalue weighted by Crippen LogP contribution is -2.23.